The van der Waals surface area contributed by atoms with Crippen molar-refractivity contribution in [2.24, 2.45) is 11.8 Å². The Labute approximate surface area is 152 Å². The highest BCUT2D eigenvalue weighted by Gasteiger charge is 2.40. The third kappa shape index (κ3) is 2.95. The number of hydrogen-bond donors (Lipinski definition) is 1. The largest absolute Gasteiger partial charge is 0.496 e. The zero-order valence-electron chi connectivity index (χ0n) is 14.4. The molecule has 4 heteroatoms. The number of ketones is 1. The Morgan fingerprint density at radius 1 is 1.12 bits per heavy atom. The van der Waals surface area contributed by atoms with Crippen molar-refractivity contribution in [1.29, 1.82) is 0 Å². The van der Waals surface area contributed by atoms with Crippen LogP contribution >= 0.6 is 11.8 Å². The summed E-state index contributed by atoms with van der Waals surface area (Å²) in [5, 5.41) is 3.54. The maximum Gasteiger partial charge on any atom is 0.143 e. The lowest BCUT2D eigenvalue weighted by Crippen LogP contribution is -2.30. The van der Waals surface area contributed by atoms with E-state index in [0.717, 1.165) is 27.6 Å². The summed E-state index contributed by atoms with van der Waals surface area (Å²) in [6, 6.07) is 16.3. The predicted octanol–water partition coefficient (Wildman–Crippen LogP) is 5.06. The number of rotatable bonds is 2. The molecule has 0 saturated carbocycles. The maximum absolute atomic E-state index is 13.0. The zero-order valence-corrected chi connectivity index (χ0v) is 15.2. The molecule has 0 amide bonds. The van der Waals surface area contributed by atoms with Crippen molar-refractivity contribution in [3.8, 4) is 5.75 Å². The molecule has 0 bridgehead atoms. The number of para-hydroxylation sites is 2. The van der Waals surface area contributed by atoms with Crippen LogP contribution in [0.4, 0.5) is 5.69 Å². The van der Waals surface area contributed by atoms with Crippen molar-refractivity contribution in [3.05, 3.63) is 65.9 Å². The van der Waals surface area contributed by atoms with E-state index in [2.05, 4.69) is 36.5 Å². The van der Waals surface area contributed by atoms with Crippen LogP contribution in [0.25, 0.3) is 0 Å². The standard InChI is InChI=1S/C21H21NO2S/c1-13-11-16-20(17(23)12-13)21(14-7-3-5-9-18(14)24-2)25-19-10-6-4-8-15(19)22-16/h3-11,13,20-22H,12H2,1-2H3/t13-,20+,21+/m1/s1. The Hall–Kier alpha value is -2.20. The van der Waals surface area contributed by atoms with Crippen molar-refractivity contribution in [2.45, 2.75) is 23.5 Å². The van der Waals surface area contributed by atoms with E-state index in [9.17, 15) is 4.79 Å². The molecule has 2 aromatic rings. The van der Waals surface area contributed by atoms with Gasteiger partial charge in [-0.15, -0.1) is 11.8 Å². The summed E-state index contributed by atoms with van der Waals surface area (Å²) in [6.07, 6.45) is 2.82. The Bertz CT molecular complexity index is 845. The number of ether oxygens (including phenoxy) is 1. The molecule has 0 saturated heterocycles. The summed E-state index contributed by atoms with van der Waals surface area (Å²) in [5.74, 6) is 1.23. The third-order valence-electron chi connectivity index (χ3n) is 4.84. The molecule has 0 unspecified atom stereocenters. The van der Waals surface area contributed by atoms with Gasteiger partial charge in [0.05, 0.1) is 24.0 Å². The summed E-state index contributed by atoms with van der Waals surface area (Å²) in [7, 11) is 1.69. The van der Waals surface area contributed by atoms with E-state index >= 15 is 0 Å². The summed E-state index contributed by atoms with van der Waals surface area (Å²) in [4.78, 5) is 14.2. The van der Waals surface area contributed by atoms with Crippen LogP contribution in [0.15, 0.2) is 65.2 Å². The van der Waals surface area contributed by atoms with Gasteiger partial charge in [-0.05, 0) is 24.1 Å². The Morgan fingerprint density at radius 3 is 2.72 bits per heavy atom. The molecule has 2 aromatic carbocycles. The number of anilines is 1. The average Bonchev–Trinajstić information content (AvgIpc) is 2.78. The molecule has 1 aliphatic carbocycles. The minimum Gasteiger partial charge on any atom is -0.496 e. The summed E-state index contributed by atoms with van der Waals surface area (Å²) < 4.78 is 5.60. The molecule has 25 heavy (non-hydrogen) atoms. The van der Waals surface area contributed by atoms with Gasteiger partial charge in [0.2, 0.25) is 0 Å². The maximum atomic E-state index is 13.0. The van der Waals surface area contributed by atoms with Gasteiger partial charge in [0, 0.05) is 22.6 Å². The van der Waals surface area contributed by atoms with Crippen LogP contribution in [-0.2, 0) is 4.79 Å². The number of carbonyl (C=O) groups is 1. The molecule has 0 spiro atoms. The van der Waals surface area contributed by atoms with Crippen LogP contribution in [0.3, 0.4) is 0 Å². The van der Waals surface area contributed by atoms with Gasteiger partial charge in [0.1, 0.15) is 11.5 Å². The molecule has 0 aromatic heterocycles. The second kappa shape index (κ2) is 6.60. The first-order valence-corrected chi connectivity index (χ1v) is 9.45. The van der Waals surface area contributed by atoms with E-state index in [-0.39, 0.29) is 17.1 Å². The highest BCUT2D eigenvalue weighted by molar-refractivity contribution is 7.99. The smallest absolute Gasteiger partial charge is 0.143 e. The number of hydrogen-bond acceptors (Lipinski definition) is 4. The van der Waals surface area contributed by atoms with Crippen LogP contribution in [-0.4, -0.2) is 12.9 Å². The molecule has 0 fully saturated rings. The fourth-order valence-electron chi connectivity index (χ4n) is 3.72. The number of allylic oxidation sites excluding steroid dienone is 2. The van der Waals surface area contributed by atoms with Crippen LogP contribution in [0, 0.1) is 11.8 Å². The minimum absolute atomic E-state index is 0.00134. The molecule has 128 valence electrons. The minimum atomic E-state index is -0.176. The molecule has 3 atom stereocenters. The van der Waals surface area contributed by atoms with Crippen molar-refractivity contribution >= 4 is 23.2 Å². The molecule has 3 nitrogen and oxygen atoms in total. The zero-order chi connectivity index (χ0) is 17.4. The van der Waals surface area contributed by atoms with Crippen LogP contribution in [0.5, 0.6) is 5.75 Å². The van der Waals surface area contributed by atoms with Gasteiger partial charge < -0.3 is 10.1 Å². The van der Waals surface area contributed by atoms with Gasteiger partial charge in [0.25, 0.3) is 0 Å². The van der Waals surface area contributed by atoms with Gasteiger partial charge in [-0.3, -0.25) is 4.79 Å². The molecule has 1 heterocycles. The first kappa shape index (κ1) is 16.3. The van der Waals surface area contributed by atoms with Crippen LogP contribution in [0.2, 0.25) is 0 Å². The fraction of sp³-hybridized carbons (Fsp3) is 0.286. The van der Waals surface area contributed by atoms with Crippen molar-refractivity contribution < 1.29 is 9.53 Å². The van der Waals surface area contributed by atoms with E-state index in [4.69, 9.17) is 4.74 Å². The summed E-state index contributed by atoms with van der Waals surface area (Å²) in [6.45, 7) is 2.10. The average molecular weight is 351 g/mol. The first-order valence-electron chi connectivity index (χ1n) is 8.57. The second-order valence-electron chi connectivity index (χ2n) is 6.65. The Balaban J connectivity index is 1.89. The number of fused-ring (bicyclic) bond motifs is 2. The highest BCUT2D eigenvalue weighted by Crippen LogP contribution is 2.52. The lowest BCUT2D eigenvalue weighted by Gasteiger charge is -2.31. The fourth-order valence-corrected chi connectivity index (χ4v) is 5.15. The lowest BCUT2D eigenvalue weighted by atomic mass is 9.81. The number of benzene rings is 2. The first-order chi connectivity index (χ1) is 12.2. The molecular weight excluding hydrogens is 330 g/mol. The van der Waals surface area contributed by atoms with Crippen LogP contribution in [0.1, 0.15) is 24.2 Å². The van der Waals surface area contributed by atoms with E-state index in [1.165, 1.54) is 0 Å². The molecule has 0 radical (unpaired) electrons. The molecule has 2 aliphatic rings. The Morgan fingerprint density at radius 2 is 1.88 bits per heavy atom. The number of nitrogens with one attached hydrogen (secondary N) is 1. The van der Waals surface area contributed by atoms with Crippen LogP contribution < -0.4 is 10.1 Å². The van der Waals surface area contributed by atoms with Crippen molar-refractivity contribution in [3.63, 3.8) is 0 Å². The molecular formula is C21H21NO2S. The van der Waals surface area contributed by atoms with Crippen molar-refractivity contribution in [2.75, 3.05) is 12.4 Å². The topological polar surface area (TPSA) is 38.3 Å². The van der Waals surface area contributed by atoms with Gasteiger partial charge in [-0.25, -0.2) is 0 Å². The quantitative estimate of drug-likeness (QED) is 0.820. The second-order valence-corrected chi connectivity index (χ2v) is 7.83. The third-order valence-corrected chi connectivity index (χ3v) is 6.23. The molecule has 1 N–H and O–H groups in total. The van der Waals surface area contributed by atoms with Gasteiger partial charge in [-0.1, -0.05) is 43.3 Å². The van der Waals surface area contributed by atoms with E-state index in [1.807, 2.05) is 30.3 Å². The van der Waals surface area contributed by atoms with Crippen molar-refractivity contribution in [1.82, 2.24) is 0 Å². The SMILES string of the molecule is COc1ccccc1[C@@H]1Sc2ccccc2NC2=C[C@@H](C)CC(=O)[C@H]21. The number of thioether (sulfide) groups is 1. The number of carbonyl (C=O) groups excluding carboxylic acids is 1. The summed E-state index contributed by atoms with van der Waals surface area (Å²) in [5.41, 5.74) is 3.17. The normalized spacial score (nSPS) is 25.1. The van der Waals surface area contributed by atoms with Gasteiger partial charge >= 0.3 is 0 Å². The number of methoxy groups -OCH3 is 1. The predicted molar refractivity (Wildman–Crippen MR) is 102 cm³/mol. The van der Waals surface area contributed by atoms with Gasteiger partial charge in [0.15, 0.2) is 0 Å². The lowest BCUT2D eigenvalue weighted by molar-refractivity contribution is -0.122. The van der Waals surface area contributed by atoms with E-state index < -0.39 is 0 Å². The summed E-state index contributed by atoms with van der Waals surface area (Å²) >= 11 is 1.75. The monoisotopic (exact) mass is 351 g/mol. The number of Topliss-reactive ketones (excluding diaryl/α,β-unsaturated/α-hetero) is 1. The molecule has 4 rings (SSSR count). The molecule has 1 aliphatic heterocycles. The van der Waals surface area contributed by atoms with E-state index in [1.54, 1.807) is 18.9 Å². The highest BCUT2D eigenvalue weighted by atomic mass is 32.2. The van der Waals surface area contributed by atoms with E-state index in [0.29, 0.717) is 12.2 Å². The van der Waals surface area contributed by atoms with Gasteiger partial charge in [-0.2, -0.15) is 0 Å². The Kier molecular flexibility index (Phi) is 4.30.